The van der Waals surface area contributed by atoms with E-state index in [-0.39, 0.29) is 11.0 Å². The Balaban J connectivity index is 2.42. The van der Waals surface area contributed by atoms with Gasteiger partial charge in [0.1, 0.15) is 0 Å². The fourth-order valence-electron chi connectivity index (χ4n) is 0.671. The quantitative estimate of drug-likeness (QED) is 0.642. The molecule has 1 N–H and O–H groups in total. The molecule has 0 aliphatic carbocycles. The zero-order chi connectivity index (χ0) is 8.48. The third-order valence-corrected chi connectivity index (χ3v) is 2.10. The van der Waals surface area contributed by atoms with Crippen LogP contribution in [0.5, 0.6) is 0 Å². The average molecular weight is 189 g/mol. The molecule has 11 heavy (non-hydrogen) atoms. The molecular weight excluding hydrogens is 178 g/mol. The number of thiocarbonyl (C=S) groups is 1. The molecule has 0 spiro atoms. The first-order valence-corrected chi connectivity index (χ1v) is 4.65. The highest BCUT2D eigenvalue weighted by Crippen LogP contribution is 2.22. The SMILES string of the molecule is CC(C)(C)NC1N=NC(=S)S1. The van der Waals surface area contributed by atoms with Gasteiger partial charge in [0.25, 0.3) is 0 Å². The Hall–Kier alpha value is -0.000000000000000111. The van der Waals surface area contributed by atoms with E-state index < -0.39 is 0 Å². The lowest BCUT2D eigenvalue weighted by molar-refractivity contribution is 0.416. The minimum Gasteiger partial charge on any atom is -0.281 e. The minimum absolute atomic E-state index is 0.0162. The molecule has 5 heteroatoms. The van der Waals surface area contributed by atoms with Gasteiger partial charge in [-0.1, -0.05) is 0 Å². The van der Waals surface area contributed by atoms with Gasteiger partial charge in [-0.2, -0.15) is 5.11 Å². The van der Waals surface area contributed by atoms with Crippen molar-refractivity contribution in [3.05, 3.63) is 0 Å². The second-order valence-electron chi connectivity index (χ2n) is 3.35. The van der Waals surface area contributed by atoms with Crippen LogP contribution in [0.15, 0.2) is 10.2 Å². The summed E-state index contributed by atoms with van der Waals surface area (Å²) in [6, 6.07) is 0. The molecule has 3 nitrogen and oxygen atoms in total. The highest BCUT2D eigenvalue weighted by molar-refractivity contribution is 8.23. The molecule has 0 bridgehead atoms. The Morgan fingerprint density at radius 1 is 1.55 bits per heavy atom. The predicted molar refractivity (Wildman–Crippen MR) is 51.7 cm³/mol. The van der Waals surface area contributed by atoms with Crippen LogP contribution in [0.4, 0.5) is 0 Å². The van der Waals surface area contributed by atoms with Crippen LogP contribution in [0.1, 0.15) is 20.8 Å². The van der Waals surface area contributed by atoms with Gasteiger partial charge in [0.15, 0.2) is 9.82 Å². The van der Waals surface area contributed by atoms with Gasteiger partial charge in [0.05, 0.1) is 0 Å². The standard InChI is InChI=1S/C6H11N3S2/c1-6(2,3)7-4-8-9-5(10)11-4/h4,7H,1-3H3. The molecule has 0 aromatic rings. The number of nitrogens with one attached hydrogen (secondary N) is 1. The molecule has 1 heterocycles. The molecule has 1 aliphatic rings. The minimum atomic E-state index is 0.0162. The fraction of sp³-hybridized carbons (Fsp3) is 0.833. The molecular formula is C6H11N3S2. The van der Waals surface area contributed by atoms with Crippen LogP contribution in [-0.2, 0) is 0 Å². The van der Waals surface area contributed by atoms with Crippen molar-refractivity contribution in [1.82, 2.24) is 5.32 Å². The van der Waals surface area contributed by atoms with Crippen molar-refractivity contribution in [2.75, 3.05) is 0 Å². The zero-order valence-corrected chi connectivity index (χ0v) is 8.42. The summed E-state index contributed by atoms with van der Waals surface area (Å²) in [5.41, 5.74) is 0.0823. The monoisotopic (exact) mass is 189 g/mol. The smallest absolute Gasteiger partial charge is 0.185 e. The van der Waals surface area contributed by atoms with E-state index >= 15 is 0 Å². The van der Waals surface area contributed by atoms with Crippen molar-refractivity contribution in [2.24, 2.45) is 10.2 Å². The summed E-state index contributed by atoms with van der Waals surface area (Å²) in [5.74, 6) is 0. The summed E-state index contributed by atoms with van der Waals surface area (Å²) in [4.78, 5) is 0. The van der Waals surface area contributed by atoms with Crippen molar-refractivity contribution < 1.29 is 0 Å². The Morgan fingerprint density at radius 3 is 2.55 bits per heavy atom. The number of hydrogen-bond acceptors (Lipinski definition) is 4. The highest BCUT2D eigenvalue weighted by Gasteiger charge is 2.22. The van der Waals surface area contributed by atoms with E-state index in [1.165, 1.54) is 11.8 Å². The van der Waals surface area contributed by atoms with Crippen LogP contribution in [-0.4, -0.2) is 15.4 Å². The zero-order valence-electron chi connectivity index (χ0n) is 6.79. The van der Waals surface area contributed by atoms with Crippen LogP contribution >= 0.6 is 24.0 Å². The number of hydrogen-bond donors (Lipinski definition) is 1. The molecule has 0 aromatic heterocycles. The fourth-order valence-corrected chi connectivity index (χ4v) is 1.78. The first-order valence-electron chi connectivity index (χ1n) is 3.36. The van der Waals surface area contributed by atoms with Crippen LogP contribution in [0.3, 0.4) is 0 Å². The van der Waals surface area contributed by atoms with Crippen molar-refractivity contribution in [3.8, 4) is 0 Å². The third-order valence-electron chi connectivity index (χ3n) is 1.01. The lowest BCUT2D eigenvalue weighted by atomic mass is 10.1. The van der Waals surface area contributed by atoms with E-state index in [1.807, 2.05) is 0 Å². The van der Waals surface area contributed by atoms with E-state index in [4.69, 9.17) is 12.2 Å². The van der Waals surface area contributed by atoms with Gasteiger partial charge < -0.3 is 0 Å². The Morgan fingerprint density at radius 2 is 2.18 bits per heavy atom. The lowest BCUT2D eigenvalue weighted by Gasteiger charge is -2.22. The van der Waals surface area contributed by atoms with E-state index in [0.717, 1.165) is 0 Å². The summed E-state index contributed by atoms with van der Waals surface area (Å²) in [7, 11) is 0. The van der Waals surface area contributed by atoms with Gasteiger partial charge in [-0.05, 0) is 44.8 Å². The lowest BCUT2D eigenvalue weighted by Crippen LogP contribution is -2.40. The molecule has 0 amide bonds. The molecule has 1 atom stereocenters. The van der Waals surface area contributed by atoms with Crippen molar-refractivity contribution in [1.29, 1.82) is 0 Å². The largest absolute Gasteiger partial charge is 0.281 e. The maximum atomic E-state index is 4.85. The van der Waals surface area contributed by atoms with Crippen molar-refractivity contribution in [2.45, 2.75) is 31.8 Å². The second-order valence-corrected chi connectivity index (χ2v) is 5.06. The van der Waals surface area contributed by atoms with Crippen LogP contribution < -0.4 is 5.32 Å². The highest BCUT2D eigenvalue weighted by atomic mass is 32.2. The third kappa shape index (κ3) is 3.27. The van der Waals surface area contributed by atoms with Gasteiger partial charge >= 0.3 is 0 Å². The van der Waals surface area contributed by atoms with E-state index in [2.05, 4.69) is 36.3 Å². The van der Waals surface area contributed by atoms with Gasteiger partial charge in [-0.15, -0.1) is 5.11 Å². The van der Waals surface area contributed by atoms with Crippen LogP contribution in [0.25, 0.3) is 0 Å². The Kier molecular flexibility index (Phi) is 2.61. The summed E-state index contributed by atoms with van der Waals surface area (Å²) in [6.45, 7) is 6.26. The molecule has 1 rings (SSSR count). The molecule has 0 saturated heterocycles. The molecule has 62 valence electrons. The van der Waals surface area contributed by atoms with Gasteiger partial charge in [0.2, 0.25) is 0 Å². The van der Waals surface area contributed by atoms with Crippen molar-refractivity contribution in [3.63, 3.8) is 0 Å². The number of nitrogens with zero attached hydrogens (tertiary/aromatic N) is 2. The Bertz CT molecular complexity index is 194. The number of azo groups is 1. The predicted octanol–water partition coefficient (Wildman–Crippen LogP) is 2.14. The van der Waals surface area contributed by atoms with Crippen LogP contribution in [0, 0.1) is 0 Å². The number of thioether (sulfide) groups is 1. The maximum Gasteiger partial charge on any atom is 0.185 e. The first kappa shape index (κ1) is 9.09. The van der Waals surface area contributed by atoms with Gasteiger partial charge in [-0.25, -0.2) is 0 Å². The summed E-state index contributed by atoms with van der Waals surface area (Å²) in [6.07, 6.45) is 0. The molecule has 0 aromatic carbocycles. The number of rotatable bonds is 1. The molecule has 0 radical (unpaired) electrons. The van der Waals surface area contributed by atoms with E-state index in [9.17, 15) is 0 Å². The van der Waals surface area contributed by atoms with Crippen molar-refractivity contribution >= 4 is 28.3 Å². The van der Waals surface area contributed by atoms with E-state index in [1.54, 1.807) is 0 Å². The van der Waals surface area contributed by atoms with Gasteiger partial charge in [0, 0.05) is 5.54 Å². The Labute approximate surface area is 76.0 Å². The topological polar surface area (TPSA) is 36.8 Å². The summed E-state index contributed by atoms with van der Waals surface area (Å²) in [5, 5.41) is 11.0. The average Bonchev–Trinajstić information content (AvgIpc) is 2.10. The van der Waals surface area contributed by atoms with E-state index in [0.29, 0.717) is 4.32 Å². The second kappa shape index (κ2) is 3.16. The molecule has 0 saturated carbocycles. The maximum absolute atomic E-state index is 4.85. The molecule has 1 unspecified atom stereocenters. The molecule has 1 aliphatic heterocycles. The normalized spacial score (nSPS) is 24.6. The summed E-state index contributed by atoms with van der Waals surface area (Å²) >= 11 is 6.33. The molecule has 0 fully saturated rings. The summed E-state index contributed by atoms with van der Waals surface area (Å²) < 4.78 is 0.617. The van der Waals surface area contributed by atoms with Gasteiger partial charge in [-0.3, -0.25) is 5.32 Å². The first-order chi connectivity index (χ1) is 4.97. The van der Waals surface area contributed by atoms with Crippen LogP contribution in [0.2, 0.25) is 0 Å².